The molecule has 0 radical (unpaired) electrons. The monoisotopic (exact) mass is 194 g/mol. The summed E-state index contributed by atoms with van der Waals surface area (Å²) in [6.45, 7) is 4.50. The van der Waals surface area contributed by atoms with E-state index in [0.717, 1.165) is 12.8 Å². The van der Waals surface area contributed by atoms with Gasteiger partial charge in [-0.3, -0.25) is 0 Å². The SMILES string of the molecule is CC1(C)C=CC(O)(C2CCCC2)CC1. The molecule has 14 heavy (non-hydrogen) atoms. The summed E-state index contributed by atoms with van der Waals surface area (Å²) in [5, 5.41) is 10.5. The molecule has 1 nitrogen and oxygen atoms in total. The first-order valence-corrected chi connectivity index (χ1v) is 5.95. The molecule has 1 heteroatoms. The molecule has 1 unspecified atom stereocenters. The van der Waals surface area contributed by atoms with Gasteiger partial charge in [0.2, 0.25) is 0 Å². The van der Waals surface area contributed by atoms with Gasteiger partial charge < -0.3 is 5.11 Å². The van der Waals surface area contributed by atoms with Crippen molar-refractivity contribution in [2.75, 3.05) is 0 Å². The van der Waals surface area contributed by atoms with Crippen molar-refractivity contribution in [1.29, 1.82) is 0 Å². The molecule has 0 saturated heterocycles. The molecule has 0 amide bonds. The largest absolute Gasteiger partial charge is 0.386 e. The maximum atomic E-state index is 10.5. The first-order valence-electron chi connectivity index (χ1n) is 5.95. The Morgan fingerprint density at radius 1 is 1.07 bits per heavy atom. The molecule has 0 aromatic rings. The maximum Gasteiger partial charge on any atom is 0.0856 e. The number of hydrogen-bond donors (Lipinski definition) is 1. The molecule has 80 valence electrons. The lowest BCUT2D eigenvalue weighted by Gasteiger charge is -2.38. The van der Waals surface area contributed by atoms with Crippen LogP contribution in [0, 0.1) is 11.3 Å². The quantitative estimate of drug-likeness (QED) is 0.635. The van der Waals surface area contributed by atoms with Crippen molar-refractivity contribution < 1.29 is 5.11 Å². The van der Waals surface area contributed by atoms with Gasteiger partial charge in [-0.25, -0.2) is 0 Å². The molecule has 2 aliphatic rings. The molecular formula is C13H22O. The highest BCUT2D eigenvalue weighted by Gasteiger charge is 2.39. The fraction of sp³-hybridized carbons (Fsp3) is 0.846. The van der Waals surface area contributed by atoms with E-state index in [9.17, 15) is 5.11 Å². The van der Waals surface area contributed by atoms with Crippen LogP contribution in [0.15, 0.2) is 12.2 Å². The van der Waals surface area contributed by atoms with E-state index in [0.29, 0.717) is 11.3 Å². The van der Waals surface area contributed by atoms with Crippen LogP contribution in [0.4, 0.5) is 0 Å². The summed E-state index contributed by atoms with van der Waals surface area (Å²) >= 11 is 0. The summed E-state index contributed by atoms with van der Waals surface area (Å²) in [4.78, 5) is 0. The molecule has 2 rings (SSSR count). The summed E-state index contributed by atoms with van der Waals surface area (Å²) in [5.74, 6) is 0.537. The van der Waals surface area contributed by atoms with Crippen LogP contribution in [0.5, 0.6) is 0 Å². The van der Waals surface area contributed by atoms with Gasteiger partial charge in [0.25, 0.3) is 0 Å². The fourth-order valence-electron chi connectivity index (χ4n) is 2.82. The van der Waals surface area contributed by atoms with Gasteiger partial charge in [0.1, 0.15) is 0 Å². The lowest BCUT2D eigenvalue weighted by Crippen LogP contribution is -2.38. The molecule has 0 heterocycles. The van der Waals surface area contributed by atoms with Crippen LogP contribution in [-0.4, -0.2) is 10.7 Å². The molecule has 0 aliphatic heterocycles. The Hall–Kier alpha value is -0.300. The van der Waals surface area contributed by atoms with Crippen molar-refractivity contribution in [3.63, 3.8) is 0 Å². The highest BCUT2D eigenvalue weighted by molar-refractivity contribution is 5.13. The molecule has 1 fully saturated rings. The highest BCUT2D eigenvalue weighted by Crippen LogP contribution is 2.43. The third-order valence-corrected chi connectivity index (χ3v) is 4.06. The van der Waals surface area contributed by atoms with Crippen LogP contribution < -0.4 is 0 Å². The van der Waals surface area contributed by atoms with Gasteiger partial charge in [-0.1, -0.05) is 38.8 Å². The van der Waals surface area contributed by atoms with E-state index >= 15 is 0 Å². The number of aliphatic hydroxyl groups is 1. The second kappa shape index (κ2) is 3.37. The van der Waals surface area contributed by atoms with Gasteiger partial charge in [0, 0.05) is 0 Å². The van der Waals surface area contributed by atoms with E-state index in [1.54, 1.807) is 0 Å². The van der Waals surface area contributed by atoms with Gasteiger partial charge in [-0.05, 0) is 37.0 Å². The third kappa shape index (κ3) is 1.88. The Bertz CT molecular complexity index is 236. The minimum atomic E-state index is -0.466. The van der Waals surface area contributed by atoms with E-state index in [-0.39, 0.29) is 0 Å². The number of allylic oxidation sites excluding steroid dienone is 1. The first-order chi connectivity index (χ1) is 6.52. The fourth-order valence-corrected chi connectivity index (χ4v) is 2.82. The zero-order valence-electron chi connectivity index (χ0n) is 9.42. The smallest absolute Gasteiger partial charge is 0.0856 e. The average molecular weight is 194 g/mol. The highest BCUT2D eigenvalue weighted by atomic mass is 16.3. The van der Waals surface area contributed by atoms with Crippen molar-refractivity contribution >= 4 is 0 Å². The van der Waals surface area contributed by atoms with Gasteiger partial charge in [0.15, 0.2) is 0 Å². The third-order valence-electron chi connectivity index (χ3n) is 4.06. The molecule has 1 saturated carbocycles. The predicted octanol–water partition coefficient (Wildman–Crippen LogP) is 3.28. The van der Waals surface area contributed by atoms with Crippen molar-refractivity contribution in [3.8, 4) is 0 Å². The van der Waals surface area contributed by atoms with E-state index in [1.165, 1.54) is 25.7 Å². The van der Waals surface area contributed by atoms with Crippen LogP contribution in [0.1, 0.15) is 52.4 Å². The second-order valence-corrected chi connectivity index (χ2v) is 5.79. The molecule has 0 aromatic heterocycles. The molecule has 1 atom stereocenters. The Morgan fingerprint density at radius 3 is 2.21 bits per heavy atom. The minimum Gasteiger partial charge on any atom is -0.386 e. The molecule has 2 aliphatic carbocycles. The standard InChI is InChI=1S/C13H22O/c1-12(2)7-9-13(14,10-8-12)11-5-3-4-6-11/h7,9,11,14H,3-6,8,10H2,1-2H3. The zero-order valence-corrected chi connectivity index (χ0v) is 9.42. The Morgan fingerprint density at radius 2 is 1.71 bits per heavy atom. The summed E-state index contributed by atoms with van der Waals surface area (Å²) < 4.78 is 0. The van der Waals surface area contributed by atoms with E-state index in [1.807, 2.05) is 0 Å². The Kier molecular flexibility index (Phi) is 2.46. The lowest BCUT2D eigenvalue weighted by atomic mass is 9.71. The number of rotatable bonds is 1. The lowest BCUT2D eigenvalue weighted by molar-refractivity contribution is 0.00639. The van der Waals surface area contributed by atoms with Crippen molar-refractivity contribution in [2.24, 2.45) is 11.3 Å². The van der Waals surface area contributed by atoms with Crippen molar-refractivity contribution in [1.82, 2.24) is 0 Å². The predicted molar refractivity (Wildman–Crippen MR) is 59.1 cm³/mol. The first kappa shape index (κ1) is 10.2. The summed E-state index contributed by atoms with van der Waals surface area (Å²) in [7, 11) is 0. The normalized spacial score (nSPS) is 37.6. The molecule has 1 N–H and O–H groups in total. The molecular weight excluding hydrogens is 172 g/mol. The van der Waals surface area contributed by atoms with E-state index < -0.39 is 5.60 Å². The van der Waals surface area contributed by atoms with Crippen LogP contribution in [0.2, 0.25) is 0 Å². The molecule has 0 bridgehead atoms. The molecule has 0 aromatic carbocycles. The Labute approximate surface area is 87.2 Å². The minimum absolute atomic E-state index is 0.296. The molecule has 0 spiro atoms. The summed E-state index contributed by atoms with van der Waals surface area (Å²) in [5.41, 5.74) is -0.170. The topological polar surface area (TPSA) is 20.2 Å². The second-order valence-electron chi connectivity index (χ2n) is 5.79. The average Bonchev–Trinajstić information content (AvgIpc) is 2.64. The van der Waals surface area contributed by atoms with Crippen molar-refractivity contribution in [2.45, 2.75) is 58.0 Å². The van der Waals surface area contributed by atoms with Crippen LogP contribution in [0.3, 0.4) is 0 Å². The number of hydrogen-bond acceptors (Lipinski definition) is 1. The zero-order chi connectivity index (χ0) is 10.2. The van der Waals surface area contributed by atoms with Gasteiger partial charge in [-0.15, -0.1) is 0 Å². The van der Waals surface area contributed by atoms with Crippen molar-refractivity contribution in [3.05, 3.63) is 12.2 Å². The Balaban J connectivity index is 2.10. The van der Waals surface area contributed by atoms with Crippen LogP contribution in [-0.2, 0) is 0 Å². The van der Waals surface area contributed by atoms with Gasteiger partial charge >= 0.3 is 0 Å². The van der Waals surface area contributed by atoms with Crippen LogP contribution in [0.25, 0.3) is 0 Å². The van der Waals surface area contributed by atoms with E-state index in [2.05, 4.69) is 26.0 Å². The summed E-state index contributed by atoms with van der Waals surface area (Å²) in [6.07, 6.45) is 11.5. The van der Waals surface area contributed by atoms with Gasteiger partial charge in [0.05, 0.1) is 5.60 Å². The van der Waals surface area contributed by atoms with Crippen LogP contribution >= 0.6 is 0 Å². The van der Waals surface area contributed by atoms with E-state index in [4.69, 9.17) is 0 Å². The summed E-state index contributed by atoms with van der Waals surface area (Å²) in [6, 6.07) is 0. The van der Waals surface area contributed by atoms with Gasteiger partial charge in [-0.2, -0.15) is 0 Å². The maximum absolute atomic E-state index is 10.5.